The molecule has 0 saturated heterocycles. The van der Waals surface area contributed by atoms with Crippen LogP contribution in [0.25, 0.3) is 23.2 Å². The van der Waals surface area contributed by atoms with Gasteiger partial charge in [-0.3, -0.25) is 0 Å². The number of fused-ring (bicyclic) bond motifs is 1. The van der Waals surface area contributed by atoms with Gasteiger partial charge in [0.1, 0.15) is 11.5 Å². The van der Waals surface area contributed by atoms with Gasteiger partial charge in [-0.1, -0.05) is 29.8 Å². The summed E-state index contributed by atoms with van der Waals surface area (Å²) >= 11 is 6.24. The highest BCUT2D eigenvalue weighted by molar-refractivity contribution is 6.32. The van der Waals surface area contributed by atoms with E-state index in [1.165, 1.54) is 10.7 Å². The number of aromatic carboxylic acids is 1. The lowest BCUT2D eigenvalue weighted by atomic mass is 10.0. The van der Waals surface area contributed by atoms with Gasteiger partial charge in [-0.2, -0.15) is 31.4 Å². The number of carboxylic acid groups (broad SMARTS) is 1. The Hall–Kier alpha value is -4.84. The largest absolute Gasteiger partial charge is 0.478 e. The SMILES string of the molecule is Cc1cc(Oc2ccc(Cn3nc(C)c4c(C(=O)O)cc(/C=C/c5cc(C(F)(F)F)cc(C(F)(F)F)c5)nc43)cc2)cc(C)c1Cl. The maximum atomic E-state index is 13.3. The third-order valence-corrected chi connectivity index (χ3v) is 7.68. The second kappa shape index (κ2) is 12.2. The molecule has 0 aliphatic rings. The number of carboxylic acids is 1. The average Bonchev–Trinajstić information content (AvgIpc) is 3.28. The third-order valence-electron chi connectivity index (χ3n) is 7.09. The number of hydrogen-bond donors (Lipinski definition) is 1. The molecule has 2 heterocycles. The molecule has 0 amide bonds. The van der Waals surface area contributed by atoms with Crippen LogP contribution in [0.1, 0.15) is 55.1 Å². The number of ether oxygens (including phenoxy) is 1. The minimum atomic E-state index is -5.01. The van der Waals surface area contributed by atoms with Gasteiger partial charge in [-0.15, -0.1) is 0 Å². The molecule has 5 aromatic rings. The molecule has 0 spiro atoms. The number of aromatic nitrogens is 3. The van der Waals surface area contributed by atoms with E-state index in [-0.39, 0.29) is 34.9 Å². The second-order valence-corrected chi connectivity index (χ2v) is 11.0. The summed E-state index contributed by atoms with van der Waals surface area (Å²) in [6.45, 7) is 5.53. The number of halogens is 7. The van der Waals surface area contributed by atoms with E-state index in [0.29, 0.717) is 34.3 Å². The Morgan fingerprint density at radius 1 is 0.870 bits per heavy atom. The van der Waals surface area contributed by atoms with Crippen LogP contribution in [0.2, 0.25) is 5.02 Å². The van der Waals surface area contributed by atoms with Crippen molar-refractivity contribution in [2.45, 2.75) is 39.7 Å². The van der Waals surface area contributed by atoms with E-state index in [1.807, 2.05) is 26.0 Å². The van der Waals surface area contributed by atoms with Crippen LogP contribution in [0.5, 0.6) is 11.5 Å². The predicted molar refractivity (Wildman–Crippen MR) is 161 cm³/mol. The molecule has 0 fully saturated rings. The van der Waals surface area contributed by atoms with E-state index in [4.69, 9.17) is 16.3 Å². The molecule has 0 unspecified atom stereocenters. The number of pyridine rings is 1. The van der Waals surface area contributed by atoms with Crippen molar-refractivity contribution in [3.05, 3.63) is 116 Å². The zero-order valence-corrected chi connectivity index (χ0v) is 25.1. The molecule has 1 N–H and O–H groups in total. The van der Waals surface area contributed by atoms with Gasteiger partial charge in [-0.05, 0) is 97.6 Å². The van der Waals surface area contributed by atoms with Crippen LogP contribution in [0.4, 0.5) is 26.3 Å². The Balaban J connectivity index is 1.47. The summed E-state index contributed by atoms with van der Waals surface area (Å²) in [5.74, 6) is -0.128. The molecule has 46 heavy (non-hydrogen) atoms. The number of benzene rings is 3. The summed E-state index contributed by atoms with van der Waals surface area (Å²) in [5.41, 5.74) is -0.461. The van der Waals surface area contributed by atoms with E-state index >= 15 is 0 Å². The predicted octanol–water partition coefficient (Wildman–Crippen LogP) is 9.76. The topological polar surface area (TPSA) is 77.2 Å². The van der Waals surface area contributed by atoms with Crippen LogP contribution < -0.4 is 4.74 Å². The molecule has 3 aromatic carbocycles. The lowest BCUT2D eigenvalue weighted by molar-refractivity contribution is -0.143. The van der Waals surface area contributed by atoms with Gasteiger partial charge in [0.15, 0.2) is 5.65 Å². The van der Waals surface area contributed by atoms with Crippen LogP contribution in [-0.2, 0) is 18.9 Å². The van der Waals surface area contributed by atoms with Crippen molar-refractivity contribution in [2.75, 3.05) is 0 Å². The summed E-state index contributed by atoms with van der Waals surface area (Å²) < 4.78 is 87.3. The normalized spacial score (nSPS) is 12.3. The van der Waals surface area contributed by atoms with Gasteiger partial charge in [0, 0.05) is 5.02 Å². The highest BCUT2D eigenvalue weighted by Crippen LogP contribution is 2.37. The molecule has 0 radical (unpaired) electrons. The maximum Gasteiger partial charge on any atom is 0.416 e. The molecule has 6 nitrogen and oxygen atoms in total. The third kappa shape index (κ3) is 7.02. The van der Waals surface area contributed by atoms with E-state index in [1.54, 1.807) is 31.2 Å². The fourth-order valence-electron chi connectivity index (χ4n) is 4.93. The van der Waals surface area contributed by atoms with Gasteiger partial charge in [0.2, 0.25) is 0 Å². The minimum Gasteiger partial charge on any atom is -0.478 e. The first-order valence-corrected chi connectivity index (χ1v) is 14.0. The molecule has 13 heteroatoms. The summed E-state index contributed by atoms with van der Waals surface area (Å²) in [7, 11) is 0. The van der Waals surface area contributed by atoms with Crippen molar-refractivity contribution in [3.63, 3.8) is 0 Å². The second-order valence-electron chi connectivity index (χ2n) is 10.6. The Morgan fingerprint density at radius 2 is 1.46 bits per heavy atom. The molecule has 0 atom stereocenters. The quantitative estimate of drug-likeness (QED) is 0.176. The number of nitrogens with zero attached hydrogens (tertiary/aromatic N) is 3. The Kier molecular flexibility index (Phi) is 8.61. The summed E-state index contributed by atoms with van der Waals surface area (Å²) in [6.07, 6.45) is -7.86. The van der Waals surface area contributed by atoms with Crippen LogP contribution in [0.15, 0.2) is 60.7 Å². The van der Waals surface area contributed by atoms with Crippen molar-refractivity contribution < 1.29 is 41.0 Å². The molecular weight excluding hydrogens is 636 g/mol. The van der Waals surface area contributed by atoms with E-state index in [9.17, 15) is 36.2 Å². The number of hydrogen-bond acceptors (Lipinski definition) is 4. The monoisotopic (exact) mass is 659 g/mol. The highest BCUT2D eigenvalue weighted by Gasteiger charge is 2.36. The fourth-order valence-corrected chi connectivity index (χ4v) is 5.04. The molecular formula is C33H24ClF6N3O3. The fraction of sp³-hybridized carbons (Fsp3) is 0.182. The van der Waals surface area contributed by atoms with E-state index in [2.05, 4.69) is 10.1 Å². The van der Waals surface area contributed by atoms with E-state index < -0.39 is 35.0 Å². The van der Waals surface area contributed by atoms with Gasteiger partial charge in [0.25, 0.3) is 0 Å². The highest BCUT2D eigenvalue weighted by atomic mass is 35.5. The van der Waals surface area contributed by atoms with Crippen LogP contribution in [0, 0.1) is 20.8 Å². The van der Waals surface area contributed by atoms with Crippen molar-refractivity contribution >= 4 is 40.8 Å². The van der Waals surface area contributed by atoms with Crippen molar-refractivity contribution in [1.82, 2.24) is 14.8 Å². The minimum absolute atomic E-state index is 0.00526. The summed E-state index contributed by atoms with van der Waals surface area (Å²) in [5, 5.41) is 15.3. The lowest BCUT2D eigenvalue weighted by Gasteiger charge is -2.13. The molecule has 0 bridgehead atoms. The number of rotatable bonds is 7. The Labute approximate surface area is 263 Å². The first kappa shape index (κ1) is 32.6. The van der Waals surface area contributed by atoms with Gasteiger partial charge in [-0.25, -0.2) is 14.5 Å². The first-order chi connectivity index (χ1) is 21.5. The lowest BCUT2D eigenvalue weighted by Crippen LogP contribution is -2.11. The first-order valence-electron chi connectivity index (χ1n) is 13.6. The van der Waals surface area contributed by atoms with Crippen LogP contribution >= 0.6 is 11.6 Å². The van der Waals surface area contributed by atoms with Crippen molar-refractivity contribution in [1.29, 1.82) is 0 Å². The summed E-state index contributed by atoms with van der Waals surface area (Å²) in [6, 6.07) is 13.1. The van der Waals surface area contributed by atoms with Gasteiger partial charge >= 0.3 is 18.3 Å². The zero-order valence-electron chi connectivity index (χ0n) is 24.4. The number of alkyl halides is 6. The number of aryl methyl sites for hydroxylation is 3. The van der Waals surface area contributed by atoms with Crippen molar-refractivity contribution in [2.24, 2.45) is 0 Å². The van der Waals surface area contributed by atoms with Crippen molar-refractivity contribution in [3.8, 4) is 11.5 Å². The van der Waals surface area contributed by atoms with Crippen LogP contribution in [-0.4, -0.2) is 25.8 Å². The Bertz CT molecular complexity index is 1940. The molecule has 0 aliphatic carbocycles. The maximum absolute atomic E-state index is 13.3. The Morgan fingerprint density at radius 3 is 2.00 bits per heavy atom. The van der Waals surface area contributed by atoms with Crippen LogP contribution in [0.3, 0.4) is 0 Å². The van der Waals surface area contributed by atoms with Gasteiger partial charge < -0.3 is 9.84 Å². The molecule has 2 aromatic heterocycles. The van der Waals surface area contributed by atoms with Gasteiger partial charge in [0.05, 0.1) is 40.0 Å². The number of carbonyl (C=O) groups is 1. The molecule has 0 aliphatic heterocycles. The summed E-state index contributed by atoms with van der Waals surface area (Å²) in [4.78, 5) is 16.6. The molecule has 5 rings (SSSR count). The molecule has 238 valence electrons. The standard InChI is InChI=1S/C33H24ClF6N3O3/c1-17-10-26(11-18(2)29(17)34)46-25-8-5-20(6-9-25)16-43-30-28(19(3)42-43)27(31(44)45)15-24(41-30)7-4-21-12-22(32(35,36)37)14-23(13-21)33(38,39)40/h4-15H,16H2,1-3H3,(H,44,45)/b7-4+. The molecule has 0 saturated carbocycles. The average molecular weight is 660 g/mol. The zero-order chi connectivity index (χ0) is 33.6. The smallest absolute Gasteiger partial charge is 0.416 e. The van der Waals surface area contributed by atoms with E-state index in [0.717, 1.165) is 28.8 Å².